The van der Waals surface area contributed by atoms with E-state index >= 15 is 0 Å². The van der Waals surface area contributed by atoms with Crippen LogP contribution in [0.25, 0.3) is 0 Å². The zero-order valence-electron chi connectivity index (χ0n) is 13.3. The maximum atomic E-state index is 12.0. The van der Waals surface area contributed by atoms with Crippen LogP contribution in [0.4, 0.5) is 5.82 Å². The molecule has 3 heterocycles. The van der Waals surface area contributed by atoms with E-state index in [0.717, 1.165) is 56.0 Å². The molecule has 5 heteroatoms. The minimum Gasteiger partial charge on any atom is -0.353 e. The molecule has 22 heavy (non-hydrogen) atoms. The SMILES string of the molecule is Cc1cc(C)c(C#N)c(N2CCCC(N3CCCC3=O)C2)n1. The molecule has 3 rings (SSSR count). The van der Waals surface area contributed by atoms with Gasteiger partial charge >= 0.3 is 0 Å². The van der Waals surface area contributed by atoms with E-state index in [9.17, 15) is 10.1 Å². The molecule has 2 aliphatic rings. The lowest BCUT2D eigenvalue weighted by Gasteiger charge is -2.38. The van der Waals surface area contributed by atoms with Crippen LogP contribution >= 0.6 is 0 Å². The highest BCUT2D eigenvalue weighted by Gasteiger charge is 2.32. The molecule has 0 aromatic carbocycles. The van der Waals surface area contributed by atoms with Gasteiger partial charge in [0.25, 0.3) is 0 Å². The van der Waals surface area contributed by atoms with Gasteiger partial charge in [0.05, 0.1) is 5.56 Å². The van der Waals surface area contributed by atoms with Crippen LogP contribution in [0.2, 0.25) is 0 Å². The summed E-state index contributed by atoms with van der Waals surface area (Å²) < 4.78 is 0. The molecule has 116 valence electrons. The highest BCUT2D eigenvalue weighted by atomic mass is 16.2. The average molecular weight is 298 g/mol. The number of carbonyl (C=O) groups excluding carboxylic acids is 1. The summed E-state index contributed by atoms with van der Waals surface area (Å²) >= 11 is 0. The number of nitrogens with zero attached hydrogens (tertiary/aromatic N) is 4. The molecule has 1 amide bonds. The molecule has 0 spiro atoms. The van der Waals surface area contributed by atoms with Crippen molar-refractivity contribution in [3.8, 4) is 6.07 Å². The zero-order chi connectivity index (χ0) is 15.7. The molecule has 2 fully saturated rings. The Kier molecular flexibility index (Phi) is 4.02. The number of hydrogen-bond donors (Lipinski definition) is 0. The zero-order valence-corrected chi connectivity index (χ0v) is 13.3. The summed E-state index contributed by atoms with van der Waals surface area (Å²) in [4.78, 5) is 20.8. The summed E-state index contributed by atoms with van der Waals surface area (Å²) in [5, 5.41) is 9.46. The molecule has 2 aliphatic heterocycles. The van der Waals surface area contributed by atoms with E-state index in [2.05, 4.69) is 16.0 Å². The minimum absolute atomic E-state index is 0.262. The maximum Gasteiger partial charge on any atom is 0.222 e. The lowest BCUT2D eigenvalue weighted by Crippen LogP contribution is -2.49. The van der Waals surface area contributed by atoms with Crippen LogP contribution in [0.5, 0.6) is 0 Å². The summed E-state index contributed by atoms with van der Waals surface area (Å²) in [6.45, 7) is 6.49. The molecule has 1 atom stereocenters. The third-order valence-corrected chi connectivity index (χ3v) is 4.68. The number of pyridine rings is 1. The van der Waals surface area contributed by atoms with Crippen molar-refractivity contribution in [1.82, 2.24) is 9.88 Å². The number of aryl methyl sites for hydroxylation is 2. The van der Waals surface area contributed by atoms with E-state index < -0.39 is 0 Å². The molecule has 1 unspecified atom stereocenters. The monoisotopic (exact) mass is 298 g/mol. The fourth-order valence-corrected chi connectivity index (χ4v) is 3.64. The largest absolute Gasteiger partial charge is 0.353 e. The number of anilines is 1. The van der Waals surface area contributed by atoms with Crippen molar-refractivity contribution >= 4 is 11.7 Å². The van der Waals surface area contributed by atoms with Gasteiger partial charge in [-0.15, -0.1) is 0 Å². The highest BCUT2D eigenvalue weighted by Crippen LogP contribution is 2.28. The number of hydrogen-bond acceptors (Lipinski definition) is 4. The van der Waals surface area contributed by atoms with E-state index in [1.807, 2.05) is 24.8 Å². The van der Waals surface area contributed by atoms with Gasteiger partial charge in [-0.05, 0) is 44.7 Å². The quantitative estimate of drug-likeness (QED) is 0.839. The van der Waals surface area contributed by atoms with Crippen LogP contribution in [0.1, 0.15) is 42.5 Å². The van der Waals surface area contributed by atoms with E-state index in [1.165, 1.54) is 0 Å². The average Bonchev–Trinajstić information content (AvgIpc) is 2.93. The second-order valence-corrected chi connectivity index (χ2v) is 6.32. The van der Waals surface area contributed by atoms with E-state index in [4.69, 9.17) is 0 Å². The first-order valence-electron chi connectivity index (χ1n) is 8.03. The number of carbonyl (C=O) groups is 1. The predicted octanol–water partition coefficient (Wildman–Crippen LogP) is 2.16. The lowest BCUT2D eigenvalue weighted by atomic mass is 10.0. The molecule has 0 aliphatic carbocycles. The molecule has 2 saturated heterocycles. The van der Waals surface area contributed by atoms with Gasteiger partial charge in [0, 0.05) is 37.8 Å². The normalized spacial score (nSPS) is 22.0. The lowest BCUT2D eigenvalue weighted by molar-refractivity contribution is -0.129. The highest BCUT2D eigenvalue weighted by molar-refractivity contribution is 5.78. The van der Waals surface area contributed by atoms with Crippen LogP contribution in [0, 0.1) is 25.2 Å². The first-order chi connectivity index (χ1) is 10.6. The van der Waals surface area contributed by atoms with Gasteiger partial charge in [-0.25, -0.2) is 4.98 Å². The second-order valence-electron chi connectivity index (χ2n) is 6.32. The summed E-state index contributed by atoms with van der Waals surface area (Å²) in [7, 11) is 0. The summed E-state index contributed by atoms with van der Waals surface area (Å²) in [5.41, 5.74) is 2.58. The van der Waals surface area contributed by atoms with E-state index in [-0.39, 0.29) is 11.9 Å². The van der Waals surface area contributed by atoms with Gasteiger partial charge < -0.3 is 9.80 Å². The van der Waals surface area contributed by atoms with Crippen molar-refractivity contribution in [2.24, 2.45) is 0 Å². The smallest absolute Gasteiger partial charge is 0.222 e. The van der Waals surface area contributed by atoms with Gasteiger partial charge in [0.15, 0.2) is 0 Å². The molecule has 0 saturated carbocycles. The van der Waals surface area contributed by atoms with Crippen LogP contribution in [-0.4, -0.2) is 41.5 Å². The molecule has 0 radical (unpaired) electrons. The third-order valence-electron chi connectivity index (χ3n) is 4.68. The van der Waals surface area contributed by atoms with E-state index in [1.54, 1.807) is 0 Å². The van der Waals surface area contributed by atoms with Crippen LogP contribution in [-0.2, 0) is 4.79 Å². The number of likely N-dealkylation sites (tertiary alicyclic amines) is 1. The fourth-order valence-electron chi connectivity index (χ4n) is 3.64. The van der Waals surface area contributed by atoms with Crippen LogP contribution in [0.3, 0.4) is 0 Å². The number of aromatic nitrogens is 1. The fraction of sp³-hybridized carbons (Fsp3) is 0.588. The van der Waals surface area contributed by atoms with Crippen molar-refractivity contribution in [2.45, 2.75) is 45.6 Å². The number of nitriles is 1. The van der Waals surface area contributed by atoms with Gasteiger partial charge in [-0.2, -0.15) is 5.26 Å². The second kappa shape index (κ2) is 5.96. The Balaban J connectivity index is 1.86. The van der Waals surface area contributed by atoms with Gasteiger partial charge in [0.2, 0.25) is 5.91 Å². The molecule has 0 bridgehead atoms. The molecule has 1 aromatic heterocycles. The Morgan fingerprint density at radius 2 is 2.14 bits per heavy atom. The van der Waals surface area contributed by atoms with Crippen molar-refractivity contribution in [3.05, 3.63) is 22.9 Å². The first-order valence-corrected chi connectivity index (χ1v) is 8.03. The third kappa shape index (κ3) is 2.66. The Bertz CT molecular complexity index is 634. The topological polar surface area (TPSA) is 60.2 Å². The molecule has 5 nitrogen and oxygen atoms in total. The Morgan fingerprint density at radius 3 is 2.82 bits per heavy atom. The van der Waals surface area contributed by atoms with Crippen LogP contribution in [0.15, 0.2) is 6.07 Å². The maximum absolute atomic E-state index is 12.0. The first kappa shape index (κ1) is 14.8. The predicted molar refractivity (Wildman–Crippen MR) is 84.6 cm³/mol. The number of piperidine rings is 1. The Hall–Kier alpha value is -2.09. The Labute approximate surface area is 131 Å². The van der Waals surface area contributed by atoms with Crippen molar-refractivity contribution in [3.63, 3.8) is 0 Å². The molecular formula is C17H22N4O. The van der Waals surface area contributed by atoms with Gasteiger partial charge in [-0.3, -0.25) is 4.79 Å². The van der Waals surface area contributed by atoms with Crippen molar-refractivity contribution < 1.29 is 4.79 Å². The minimum atomic E-state index is 0.262. The van der Waals surface area contributed by atoms with Gasteiger partial charge in [0.1, 0.15) is 11.9 Å². The van der Waals surface area contributed by atoms with E-state index in [0.29, 0.717) is 12.0 Å². The van der Waals surface area contributed by atoms with Gasteiger partial charge in [-0.1, -0.05) is 0 Å². The standard InChI is InChI=1S/C17H22N4O/c1-12-9-13(2)19-17(15(12)10-18)20-7-3-5-14(11-20)21-8-4-6-16(21)22/h9,14H,3-8,11H2,1-2H3. The molecular weight excluding hydrogens is 276 g/mol. The summed E-state index contributed by atoms with van der Waals surface area (Å²) in [6, 6.07) is 4.51. The molecule has 1 aromatic rings. The van der Waals surface area contributed by atoms with Crippen molar-refractivity contribution in [1.29, 1.82) is 5.26 Å². The number of amides is 1. The summed E-state index contributed by atoms with van der Waals surface area (Å²) in [6.07, 6.45) is 3.74. The summed E-state index contributed by atoms with van der Waals surface area (Å²) in [5.74, 6) is 1.07. The Morgan fingerprint density at radius 1 is 1.32 bits per heavy atom. The number of rotatable bonds is 2. The van der Waals surface area contributed by atoms with Crippen molar-refractivity contribution in [2.75, 3.05) is 24.5 Å². The van der Waals surface area contributed by atoms with Crippen LogP contribution < -0.4 is 4.90 Å². The molecule has 0 N–H and O–H groups in total.